The van der Waals surface area contributed by atoms with Gasteiger partial charge < -0.3 is 14.6 Å². The number of nitrogens with zero attached hydrogens (tertiary/aromatic N) is 2. The number of para-hydroxylation sites is 1. The van der Waals surface area contributed by atoms with Gasteiger partial charge in [-0.2, -0.15) is 0 Å². The molecule has 1 atom stereocenters. The predicted octanol–water partition coefficient (Wildman–Crippen LogP) is 2.25. The number of halogens is 1. The van der Waals surface area contributed by atoms with Crippen LogP contribution < -0.4 is 5.32 Å². The van der Waals surface area contributed by atoms with E-state index in [1.54, 1.807) is 6.07 Å². The van der Waals surface area contributed by atoms with Crippen LogP contribution in [0.15, 0.2) is 18.2 Å². The summed E-state index contributed by atoms with van der Waals surface area (Å²) in [5.74, 6) is 0.618. The molecule has 2 aromatic rings. The molecule has 1 aliphatic rings. The quantitative estimate of drug-likeness (QED) is 0.923. The maximum atomic E-state index is 13.9. The van der Waals surface area contributed by atoms with Gasteiger partial charge >= 0.3 is 0 Å². The Balaban J connectivity index is 2.11. The fourth-order valence-electron chi connectivity index (χ4n) is 2.59. The highest BCUT2D eigenvalue weighted by atomic mass is 19.1. The number of ether oxygens (including phenoxy) is 1. The first kappa shape index (κ1) is 12.6. The normalized spacial score (nSPS) is 20.0. The van der Waals surface area contributed by atoms with Crippen molar-refractivity contribution in [2.75, 3.05) is 19.8 Å². The molecule has 0 radical (unpaired) electrons. The molecule has 1 saturated heterocycles. The van der Waals surface area contributed by atoms with Crippen molar-refractivity contribution in [2.24, 2.45) is 0 Å². The van der Waals surface area contributed by atoms with E-state index in [-0.39, 0.29) is 11.9 Å². The molecule has 4 nitrogen and oxygen atoms in total. The Hall–Kier alpha value is -1.46. The number of morpholine rings is 1. The summed E-state index contributed by atoms with van der Waals surface area (Å²) in [5, 5.41) is 3.38. The molecule has 1 unspecified atom stereocenters. The van der Waals surface area contributed by atoms with Gasteiger partial charge in [0.05, 0.1) is 24.8 Å². The van der Waals surface area contributed by atoms with Crippen molar-refractivity contribution in [3.05, 3.63) is 29.8 Å². The Labute approximate surface area is 111 Å². The zero-order valence-electron chi connectivity index (χ0n) is 11.0. The molecule has 2 heterocycles. The Morgan fingerprint density at radius 1 is 1.53 bits per heavy atom. The number of aryl methyl sites for hydroxylation is 1. The third-order valence-corrected chi connectivity index (χ3v) is 3.44. The fourth-order valence-corrected chi connectivity index (χ4v) is 2.59. The van der Waals surface area contributed by atoms with Crippen LogP contribution in [0.1, 0.15) is 25.2 Å². The van der Waals surface area contributed by atoms with Gasteiger partial charge in [-0.25, -0.2) is 9.37 Å². The minimum Gasteiger partial charge on any atom is -0.378 e. The molecule has 0 saturated carbocycles. The minimum absolute atomic E-state index is 0.0482. The van der Waals surface area contributed by atoms with Gasteiger partial charge in [-0.1, -0.05) is 13.0 Å². The lowest BCUT2D eigenvalue weighted by molar-refractivity contribution is 0.0732. The molecule has 1 aliphatic heterocycles. The van der Waals surface area contributed by atoms with Crippen LogP contribution in [0.3, 0.4) is 0 Å². The number of fused-ring (bicyclic) bond motifs is 1. The van der Waals surface area contributed by atoms with Crippen molar-refractivity contribution in [1.82, 2.24) is 14.9 Å². The first-order valence-electron chi connectivity index (χ1n) is 6.77. The van der Waals surface area contributed by atoms with Gasteiger partial charge in [-0.15, -0.1) is 0 Å². The maximum absolute atomic E-state index is 13.9. The fraction of sp³-hybridized carbons (Fsp3) is 0.500. The number of nitrogens with one attached hydrogen (secondary N) is 1. The van der Waals surface area contributed by atoms with Gasteiger partial charge in [0.15, 0.2) is 5.82 Å². The Morgan fingerprint density at radius 2 is 2.42 bits per heavy atom. The number of imidazole rings is 1. The van der Waals surface area contributed by atoms with E-state index >= 15 is 0 Å². The summed E-state index contributed by atoms with van der Waals surface area (Å²) in [7, 11) is 0. The Kier molecular flexibility index (Phi) is 3.48. The summed E-state index contributed by atoms with van der Waals surface area (Å²) in [5.41, 5.74) is 1.32. The topological polar surface area (TPSA) is 39.1 Å². The molecule has 0 spiro atoms. The van der Waals surface area contributed by atoms with Crippen LogP contribution in [-0.4, -0.2) is 29.3 Å². The van der Waals surface area contributed by atoms with Crippen molar-refractivity contribution in [3.8, 4) is 0 Å². The van der Waals surface area contributed by atoms with Gasteiger partial charge in [-0.3, -0.25) is 0 Å². The first-order valence-corrected chi connectivity index (χ1v) is 6.77. The summed E-state index contributed by atoms with van der Waals surface area (Å²) in [6.07, 6.45) is 0.989. The lowest BCUT2D eigenvalue weighted by atomic mass is 10.2. The van der Waals surface area contributed by atoms with Gasteiger partial charge in [-0.05, 0) is 18.6 Å². The van der Waals surface area contributed by atoms with E-state index in [0.717, 1.165) is 37.5 Å². The molecule has 0 amide bonds. The van der Waals surface area contributed by atoms with Crippen molar-refractivity contribution < 1.29 is 9.13 Å². The summed E-state index contributed by atoms with van der Waals surface area (Å²) in [4.78, 5) is 4.50. The molecule has 1 aromatic heterocycles. The zero-order valence-corrected chi connectivity index (χ0v) is 11.0. The van der Waals surface area contributed by atoms with E-state index in [1.807, 2.05) is 6.07 Å². The van der Waals surface area contributed by atoms with Crippen LogP contribution in [0.2, 0.25) is 0 Å². The van der Waals surface area contributed by atoms with E-state index in [1.165, 1.54) is 6.07 Å². The molecule has 1 fully saturated rings. The summed E-state index contributed by atoms with van der Waals surface area (Å²) in [6, 6.07) is 5.17. The summed E-state index contributed by atoms with van der Waals surface area (Å²) < 4.78 is 21.4. The van der Waals surface area contributed by atoms with Crippen molar-refractivity contribution in [2.45, 2.75) is 25.9 Å². The van der Waals surface area contributed by atoms with E-state index in [4.69, 9.17) is 4.74 Å². The molecule has 1 aromatic carbocycles. The number of hydrogen-bond acceptors (Lipinski definition) is 3. The van der Waals surface area contributed by atoms with Crippen molar-refractivity contribution in [1.29, 1.82) is 0 Å². The third-order valence-electron chi connectivity index (χ3n) is 3.44. The number of hydrogen-bond donors (Lipinski definition) is 1. The average molecular weight is 263 g/mol. The van der Waals surface area contributed by atoms with Gasteiger partial charge in [0, 0.05) is 13.1 Å². The molecule has 1 N–H and O–H groups in total. The van der Waals surface area contributed by atoms with Crippen LogP contribution in [0.4, 0.5) is 4.39 Å². The highest BCUT2D eigenvalue weighted by Gasteiger charge is 2.23. The standard InChI is InChI=1S/C14H18FN3O/c1-2-7-18-12-5-3-4-10(15)13(12)17-14(18)11-9-19-8-6-16-11/h3-5,11,16H,2,6-9H2,1H3. The van der Waals surface area contributed by atoms with Crippen LogP contribution >= 0.6 is 0 Å². The van der Waals surface area contributed by atoms with Gasteiger partial charge in [0.25, 0.3) is 0 Å². The first-order chi connectivity index (χ1) is 9.31. The molecule has 0 bridgehead atoms. The Bertz CT molecular complexity index is 575. The molecule has 102 valence electrons. The van der Waals surface area contributed by atoms with E-state index < -0.39 is 0 Å². The van der Waals surface area contributed by atoms with Crippen molar-refractivity contribution in [3.63, 3.8) is 0 Å². The largest absolute Gasteiger partial charge is 0.378 e. The molecule has 5 heteroatoms. The van der Waals surface area contributed by atoms with Crippen LogP contribution in [0.25, 0.3) is 11.0 Å². The molecular weight excluding hydrogens is 245 g/mol. The van der Waals surface area contributed by atoms with Gasteiger partial charge in [0.1, 0.15) is 11.3 Å². The van der Waals surface area contributed by atoms with Crippen LogP contribution in [-0.2, 0) is 11.3 Å². The van der Waals surface area contributed by atoms with Crippen molar-refractivity contribution >= 4 is 11.0 Å². The Morgan fingerprint density at radius 3 is 3.16 bits per heavy atom. The van der Waals surface area contributed by atoms with Crippen LogP contribution in [0.5, 0.6) is 0 Å². The van der Waals surface area contributed by atoms with Crippen LogP contribution in [0, 0.1) is 5.82 Å². The van der Waals surface area contributed by atoms with E-state index in [0.29, 0.717) is 12.1 Å². The lowest BCUT2D eigenvalue weighted by Crippen LogP contribution is -2.36. The second kappa shape index (κ2) is 5.27. The van der Waals surface area contributed by atoms with E-state index in [9.17, 15) is 4.39 Å². The number of rotatable bonds is 3. The number of aromatic nitrogens is 2. The predicted molar refractivity (Wildman–Crippen MR) is 71.5 cm³/mol. The molecular formula is C14H18FN3O. The maximum Gasteiger partial charge on any atom is 0.151 e. The highest BCUT2D eigenvalue weighted by Crippen LogP contribution is 2.24. The molecule has 3 rings (SSSR count). The second-order valence-corrected chi connectivity index (χ2v) is 4.81. The minimum atomic E-state index is -0.259. The lowest BCUT2D eigenvalue weighted by Gasteiger charge is -2.24. The smallest absolute Gasteiger partial charge is 0.151 e. The van der Waals surface area contributed by atoms with Gasteiger partial charge in [0.2, 0.25) is 0 Å². The zero-order chi connectivity index (χ0) is 13.2. The molecule has 19 heavy (non-hydrogen) atoms. The number of benzene rings is 1. The monoisotopic (exact) mass is 263 g/mol. The average Bonchev–Trinajstić information content (AvgIpc) is 2.81. The third kappa shape index (κ3) is 2.24. The summed E-state index contributed by atoms with van der Waals surface area (Å²) >= 11 is 0. The second-order valence-electron chi connectivity index (χ2n) is 4.81. The van der Waals surface area contributed by atoms with E-state index in [2.05, 4.69) is 21.8 Å². The molecule has 0 aliphatic carbocycles. The summed E-state index contributed by atoms with van der Waals surface area (Å²) in [6.45, 7) is 5.07. The highest BCUT2D eigenvalue weighted by molar-refractivity contribution is 5.76. The SMILES string of the molecule is CCCn1c(C2COCCN2)nc2c(F)cccc21.